The smallest absolute Gasteiger partial charge is 0.272 e. The van der Waals surface area contributed by atoms with Crippen molar-refractivity contribution in [1.82, 2.24) is 4.57 Å². The molecule has 4 nitrogen and oxygen atoms in total. The van der Waals surface area contributed by atoms with Crippen LogP contribution in [0.25, 0.3) is 10.2 Å². The van der Waals surface area contributed by atoms with E-state index in [-0.39, 0.29) is 5.91 Å². The van der Waals surface area contributed by atoms with Crippen LogP contribution in [-0.2, 0) is 6.54 Å². The third kappa shape index (κ3) is 2.58. The number of benzene rings is 1. The number of amides is 1. The zero-order valence-corrected chi connectivity index (χ0v) is 13.8. The van der Waals surface area contributed by atoms with Crippen molar-refractivity contribution in [1.29, 1.82) is 0 Å². The summed E-state index contributed by atoms with van der Waals surface area (Å²) in [5.74, 6) is 0.434. The average Bonchev–Trinajstić information content (AvgIpc) is 3.07. The normalized spacial score (nSPS) is 10.9. The summed E-state index contributed by atoms with van der Waals surface area (Å²) in [6.07, 6.45) is 0. The number of hydrogen-bond acceptors (Lipinski definition) is 3. The first-order chi connectivity index (χ1) is 10.6. The van der Waals surface area contributed by atoms with E-state index in [9.17, 15) is 4.79 Å². The van der Waals surface area contributed by atoms with E-state index in [2.05, 4.69) is 5.32 Å². The van der Waals surface area contributed by atoms with Crippen molar-refractivity contribution in [3.05, 3.63) is 46.4 Å². The molecule has 0 aliphatic rings. The quantitative estimate of drug-likeness (QED) is 0.755. The molecule has 0 saturated heterocycles. The van der Waals surface area contributed by atoms with E-state index in [1.165, 1.54) is 0 Å². The maximum absolute atomic E-state index is 12.5. The van der Waals surface area contributed by atoms with Crippen molar-refractivity contribution >= 4 is 44.7 Å². The van der Waals surface area contributed by atoms with Crippen LogP contribution < -0.4 is 10.1 Å². The van der Waals surface area contributed by atoms with Gasteiger partial charge in [0.25, 0.3) is 5.91 Å². The van der Waals surface area contributed by atoms with E-state index in [0.717, 1.165) is 16.8 Å². The first-order valence-electron chi connectivity index (χ1n) is 6.85. The zero-order chi connectivity index (χ0) is 15.7. The predicted octanol–water partition coefficient (Wildman–Crippen LogP) is 4.64. The maximum Gasteiger partial charge on any atom is 0.272 e. The summed E-state index contributed by atoms with van der Waals surface area (Å²) in [5, 5.41) is 5.38. The highest BCUT2D eigenvalue weighted by atomic mass is 35.5. The second-order valence-electron chi connectivity index (χ2n) is 4.75. The number of nitrogens with one attached hydrogen (secondary N) is 1. The molecule has 6 heteroatoms. The Morgan fingerprint density at radius 2 is 2.18 bits per heavy atom. The predicted molar refractivity (Wildman–Crippen MR) is 91.4 cm³/mol. The number of thiophene rings is 1. The van der Waals surface area contributed by atoms with E-state index in [4.69, 9.17) is 16.3 Å². The standard InChI is InChI=1S/C16H15ClN2O2S/c1-3-19-12-6-7-22-15(12)9-13(19)16(20)18-10-4-5-14(21-2)11(17)8-10/h4-9H,3H2,1-2H3,(H,18,20). The van der Waals surface area contributed by atoms with Gasteiger partial charge in [0.05, 0.1) is 22.3 Å². The number of ether oxygens (including phenoxy) is 1. The summed E-state index contributed by atoms with van der Waals surface area (Å²) >= 11 is 7.71. The number of carbonyl (C=O) groups is 1. The summed E-state index contributed by atoms with van der Waals surface area (Å²) in [4.78, 5) is 12.5. The molecule has 0 aliphatic heterocycles. The minimum Gasteiger partial charge on any atom is -0.495 e. The SMILES string of the molecule is CCn1c(C(=O)Nc2ccc(OC)c(Cl)c2)cc2sccc21. The molecule has 0 unspecified atom stereocenters. The lowest BCUT2D eigenvalue weighted by Gasteiger charge is -2.10. The fourth-order valence-corrected chi connectivity index (χ4v) is 3.53. The lowest BCUT2D eigenvalue weighted by Crippen LogP contribution is -2.16. The number of nitrogens with zero attached hydrogens (tertiary/aromatic N) is 1. The number of halogens is 1. The van der Waals surface area contributed by atoms with Gasteiger partial charge in [0.15, 0.2) is 0 Å². The van der Waals surface area contributed by atoms with Crippen molar-refractivity contribution < 1.29 is 9.53 Å². The van der Waals surface area contributed by atoms with Crippen molar-refractivity contribution in [3.63, 3.8) is 0 Å². The van der Waals surface area contributed by atoms with Gasteiger partial charge in [-0.05, 0) is 42.6 Å². The number of aryl methyl sites for hydroxylation is 1. The van der Waals surface area contributed by atoms with E-state index >= 15 is 0 Å². The molecule has 22 heavy (non-hydrogen) atoms. The van der Waals surface area contributed by atoms with Crippen molar-refractivity contribution in [2.75, 3.05) is 12.4 Å². The molecule has 0 aliphatic carbocycles. The fourth-order valence-electron chi connectivity index (χ4n) is 2.45. The molecular formula is C16H15ClN2O2S. The minimum atomic E-state index is -0.147. The van der Waals surface area contributed by atoms with Crippen LogP contribution >= 0.6 is 22.9 Å². The van der Waals surface area contributed by atoms with Crippen LogP contribution in [0.15, 0.2) is 35.7 Å². The Balaban J connectivity index is 1.90. The van der Waals surface area contributed by atoms with Gasteiger partial charge in [0.1, 0.15) is 11.4 Å². The van der Waals surface area contributed by atoms with Crippen LogP contribution in [0.3, 0.4) is 0 Å². The first-order valence-corrected chi connectivity index (χ1v) is 8.11. The number of aromatic nitrogens is 1. The topological polar surface area (TPSA) is 43.3 Å². The van der Waals surface area contributed by atoms with Crippen LogP contribution in [0, 0.1) is 0 Å². The average molecular weight is 335 g/mol. The highest BCUT2D eigenvalue weighted by molar-refractivity contribution is 7.17. The van der Waals surface area contributed by atoms with E-state index < -0.39 is 0 Å². The van der Waals surface area contributed by atoms with Gasteiger partial charge < -0.3 is 14.6 Å². The lowest BCUT2D eigenvalue weighted by molar-refractivity contribution is 0.101. The molecule has 0 radical (unpaired) electrons. The first kappa shape index (κ1) is 14.9. The van der Waals surface area contributed by atoms with Crippen LogP contribution in [0.2, 0.25) is 5.02 Å². The number of fused-ring (bicyclic) bond motifs is 1. The maximum atomic E-state index is 12.5. The molecule has 1 aromatic carbocycles. The second kappa shape index (κ2) is 6.02. The van der Waals surface area contributed by atoms with Crippen LogP contribution in [0.4, 0.5) is 5.69 Å². The Morgan fingerprint density at radius 3 is 2.86 bits per heavy atom. The molecule has 1 amide bonds. The van der Waals surface area contributed by atoms with Crippen molar-refractivity contribution in [2.24, 2.45) is 0 Å². The number of rotatable bonds is 4. The van der Waals surface area contributed by atoms with Gasteiger partial charge in [-0.15, -0.1) is 11.3 Å². The summed E-state index contributed by atoms with van der Waals surface area (Å²) in [6, 6.07) is 9.13. The summed E-state index contributed by atoms with van der Waals surface area (Å²) in [5.41, 5.74) is 2.38. The molecule has 3 rings (SSSR count). The van der Waals surface area contributed by atoms with Gasteiger partial charge in [0.2, 0.25) is 0 Å². The summed E-state index contributed by atoms with van der Waals surface area (Å²) < 4.78 is 8.23. The number of carbonyl (C=O) groups excluding carboxylic acids is 1. The van der Waals surface area contributed by atoms with Gasteiger partial charge in [-0.2, -0.15) is 0 Å². The van der Waals surface area contributed by atoms with Gasteiger partial charge in [0, 0.05) is 12.2 Å². The van der Waals surface area contributed by atoms with Crippen molar-refractivity contribution in [2.45, 2.75) is 13.5 Å². The molecule has 3 aromatic rings. The van der Waals surface area contributed by atoms with E-state index in [0.29, 0.717) is 22.2 Å². The molecule has 1 N–H and O–H groups in total. The molecule has 2 heterocycles. The Hall–Kier alpha value is -1.98. The van der Waals surface area contributed by atoms with Gasteiger partial charge in [-0.3, -0.25) is 4.79 Å². The van der Waals surface area contributed by atoms with Crippen LogP contribution in [0.5, 0.6) is 5.75 Å². The van der Waals surface area contributed by atoms with E-state index in [1.54, 1.807) is 36.6 Å². The Morgan fingerprint density at radius 1 is 1.36 bits per heavy atom. The minimum absolute atomic E-state index is 0.147. The van der Waals surface area contributed by atoms with Crippen molar-refractivity contribution in [3.8, 4) is 5.75 Å². The number of anilines is 1. The highest BCUT2D eigenvalue weighted by Crippen LogP contribution is 2.29. The molecule has 0 bridgehead atoms. The molecule has 0 saturated carbocycles. The zero-order valence-electron chi connectivity index (χ0n) is 12.2. The van der Waals surface area contributed by atoms with Gasteiger partial charge >= 0.3 is 0 Å². The highest BCUT2D eigenvalue weighted by Gasteiger charge is 2.16. The Bertz CT molecular complexity index is 838. The largest absolute Gasteiger partial charge is 0.495 e. The monoisotopic (exact) mass is 334 g/mol. The Kier molecular flexibility index (Phi) is 4.09. The fraction of sp³-hybridized carbons (Fsp3) is 0.188. The third-order valence-electron chi connectivity index (χ3n) is 3.48. The number of methoxy groups -OCH3 is 1. The van der Waals surface area contributed by atoms with Crippen LogP contribution in [-0.4, -0.2) is 17.6 Å². The van der Waals surface area contributed by atoms with Gasteiger partial charge in [-0.25, -0.2) is 0 Å². The molecule has 0 spiro atoms. The molecule has 0 fully saturated rings. The molecule has 114 valence electrons. The second-order valence-corrected chi connectivity index (χ2v) is 6.10. The summed E-state index contributed by atoms with van der Waals surface area (Å²) in [6.45, 7) is 2.77. The molecule has 0 atom stereocenters. The number of hydrogen-bond donors (Lipinski definition) is 1. The molecular weight excluding hydrogens is 320 g/mol. The lowest BCUT2D eigenvalue weighted by atomic mass is 10.3. The van der Waals surface area contributed by atoms with E-state index in [1.807, 2.05) is 29.0 Å². The van der Waals surface area contributed by atoms with Crippen LogP contribution in [0.1, 0.15) is 17.4 Å². The third-order valence-corrected chi connectivity index (χ3v) is 4.63. The van der Waals surface area contributed by atoms with Gasteiger partial charge in [-0.1, -0.05) is 11.6 Å². The summed E-state index contributed by atoms with van der Waals surface area (Å²) in [7, 11) is 1.56. The Labute approximate surface area is 137 Å². The molecule has 2 aromatic heterocycles.